The number of benzene rings is 1. The van der Waals surface area contributed by atoms with Crippen molar-refractivity contribution in [3.63, 3.8) is 0 Å². The minimum absolute atomic E-state index is 0.0622. The number of carbonyl (C=O) groups is 2. The molecule has 1 heterocycles. The van der Waals surface area contributed by atoms with Crippen molar-refractivity contribution in [2.45, 2.75) is 32.8 Å². The van der Waals surface area contributed by atoms with Crippen LogP contribution in [-0.2, 0) is 14.3 Å². The van der Waals surface area contributed by atoms with Gasteiger partial charge in [-0.3, -0.25) is 9.59 Å². The van der Waals surface area contributed by atoms with E-state index in [0.717, 1.165) is 0 Å². The average molecular weight is 370 g/mol. The highest BCUT2D eigenvalue weighted by Gasteiger charge is 2.41. The van der Waals surface area contributed by atoms with Crippen LogP contribution in [0.25, 0.3) is 0 Å². The minimum atomic E-state index is -0.981. The normalized spacial score (nSPS) is 17.8. The van der Waals surface area contributed by atoms with Gasteiger partial charge in [0.25, 0.3) is 5.91 Å². The highest BCUT2D eigenvalue weighted by Crippen LogP contribution is 2.30. The van der Waals surface area contributed by atoms with Gasteiger partial charge >= 0.3 is 5.97 Å². The summed E-state index contributed by atoms with van der Waals surface area (Å²) in [5.74, 6) is -0.829. The summed E-state index contributed by atoms with van der Waals surface area (Å²) in [4.78, 5) is 24.3. The number of ether oxygens (including phenoxy) is 2. The van der Waals surface area contributed by atoms with Gasteiger partial charge in [-0.1, -0.05) is 31.5 Å². The fraction of sp³-hybridized carbons (Fsp3) is 0.556. The van der Waals surface area contributed by atoms with Gasteiger partial charge in [-0.2, -0.15) is 0 Å². The van der Waals surface area contributed by atoms with Crippen molar-refractivity contribution in [2.75, 3.05) is 19.8 Å². The molecule has 0 aromatic heterocycles. The Morgan fingerprint density at radius 1 is 1.36 bits per heavy atom. The van der Waals surface area contributed by atoms with Gasteiger partial charge in [0.15, 0.2) is 6.10 Å². The van der Waals surface area contributed by atoms with E-state index in [1.165, 1.54) is 0 Å². The van der Waals surface area contributed by atoms with Crippen LogP contribution in [0.2, 0.25) is 5.02 Å². The number of carbonyl (C=O) groups excluding carboxylic acids is 1. The summed E-state index contributed by atoms with van der Waals surface area (Å²) in [5, 5.41) is 12.8. The largest absolute Gasteiger partial charge is 0.481 e. The average Bonchev–Trinajstić information content (AvgIpc) is 2.58. The Morgan fingerprint density at radius 2 is 2.04 bits per heavy atom. The molecule has 6 nitrogen and oxygen atoms in total. The zero-order valence-electron chi connectivity index (χ0n) is 14.5. The molecule has 1 aliphatic rings. The third kappa shape index (κ3) is 5.09. The van der Waals surface area contributed by atoms with Crippen LogP contribution in [-0.4, -0.2) is 42.8 Å². The van der Waals surface area contributed by atoms with Crippen LogP contribution in [0, 0.1) is 11.3 Å². The van der Waals surface area contributed by atoms with Gasteiger partial charge in [-0.15, -0.1) is 0 Å². The Morgan fingerprint density at radius 3 is 2.60 bits per heavy atom. The second-order valence-corrected chi connectivity index (χ2v) is 7.09. The molecule has 0 aliphatic carbocycles. The smallest absolute Gasteiger partial charge is 0.311 e. The number of aliphatic carboxylic acids is 1. The molecule has 7 heteroatoms. The monoisotopic (exact) mass is 369 g/mol. The van der Waals surface area contributed by atoms with E-state index in [-0.39, 0.29) is 18.4 Å². The molecule has 138 valence electrons. The van der Waals surface area contributed by atoms with E-state index >= 15 is 0 Å². The summed E-state index contributed by atoms with van der Waals surface area (Å²) in [6.07, 6.45) is 0.0259. The molecular formula is C18H24ClNO5. The molecule has 1 aromatic rings. The van der Waals surface area contributed by atoms with Crippen molar-refractivity contribution in [1.82, 2.24) is 5.32 Å². The fourth-order valence-corrected chi connectivity index (χ4v) is 2.94. The van der Waals surface area contributed by atoms with E-state index in [1.54, 1.807) is 24.3 Å². The molecular weight excluding hydrogens is 346 g/mol. The molecule has 1 aliphatic heterocycles. The van der Waals surface area contributed by atoms with Gasteiger partial charge in [0.05, 0.1) is 5.41 Å². The standard InChI is InChI=1S/C18H24ClNO5/c1-12(2)15(25-14-5-3-4-13(19)10-14)16(21)20-11-18(17(22)23)6-8-24-9-7-18/h3-5,10,12,15H,6-9,11H2,1-2H3,(H,20,21)(H,22,23). The number of carboxylic acid groups (broad SMARTS) is 1. The fourth-order valence-electron chi connectivity index (χ4n) is 2.76. The van der Waals surface area contributed by atoms with Crippen LogP contribution < -0.4 is 10.1 Å². The first-order chi connectivity index (χ1) is 11.8. The molecule has 2 rings (SSSR count). The van der Waals surface area contributed by atoms with Gasteiger partial charge in [-0.05, 0) is 37.0 Å². The van der Waals surface area contributed by atoms with Crippen LogP contribution in [0.4, 0.5) is 0 Å². The topological polar surface area (TPSA) is 84.9 Å². The molecule has 1 atom stereocenters. The number of halogens is 1. The zero-order chi connectivity index (χ0) is 18.4. The highest BCUT2D eigenvalue weighted by molar-refractivity contribution is 6.30. The Kier molecular flexibility index (Phi) is 6.67. The van der Waals surface area contributed by atoms with E-state index < -0.39 is 17.5 Å². The number of hydrogen-bond donors (Lipinski definition) is 2. The Bertz CT molecular complexity index is 613. The Hall–Kier alpha value is -1.79. The Labute approximate surface area is 152 Å². The minimum Gasteiger partial charge on any atom is -0.481 e. The van der Waals surface area contributed by atoms with Crippen LogP contribution in [0.3, 0.4) is 0 Å². The first kappa shape index (κ1) is 19.5. The van der Waals surface area contributed by atoms with Crippen molar-refractivity contribution < 1.29 is 24.2 Å². The van der Waals surface area contributed by atoms with Crippen molar-refractivity contribution >= 4 is 23.5 Å². The highest BCUT2D eigenvalue weighted by atomic mass is 35.5. The van der Waals surface area contributed by atoms with Crippen LogP contribution in [0.1, 0.15) is 26.7 Å². The summed E-state index contributed by atoms with van der Waals surface area (Å²) >= 11 is 5.95. The van der Waals surface area contributed by atoms with Crippen LogP contribution >= 0.6 is 11.6 Å². The first-order valence-electron chi connectivity index (χ1n) is 8.35. The maximum Gasteiger partial charge on any atom is 0.311 e. The predicted octanol–water partition coefficient (Wildman–Crippen LogP) is 2.74. The molecule has 0 spiro atoms. The SMILES string of the molecule is CC(C)C(Oc1cccc(Cl)c1)C(=O)NCC1(C(=O)O)CCOCC1. The van der Waals surface area contributed by atoms with Gasteiger partial charge in [-0.25, -0.2) is 0 Å². The molecule has 0 radical (unpaired) electrons. The lowest BCUT2D eigenvalue weighted by atomic mass is 9.80. The van der Waals surface area contributed by atoms with Crippen molar-refractivity contribution in [1.29, 1.82) is 0 Å². The second kappa shape index (κ2) is 8.54. The molecule has 1 aromatic carbocycles. The summed E-state index contributed by atoms with van der Waals surface area (Å²) in [6, 6.07) is 6.84. The number of nitrogens with one attached hydrogen (secondary N) is 1. The van der Waals surface area contributed by atoms with E-state index in [1.807, 2.05) is 13.8 Å². The molecule has 0 saturated carbocycles. The van der Waals surface area contributed by atoms with Crippen LogP contribution in [0.5, 0.6) is 5.75 Å². The number of rotatable bonds is 7. The van der Waals surface area contributed by atoms with Gasteiger partial charge in [0.2, 0.25) is 0 Å². The van der Waals surface area contributed by atoms with E-state index in [9.17, 15) is 14.7 Å². The van der Waals surface area contributed by atoms with E-state index in [0.29, 0.717) is 36.8 Å². The molecule has 1 saturated heterocycles. The lowest BCUT2D eigenvalue weighted by Gasteiger charge is -2.33. The third-order valence-electron chi connectivity index (χ3n) is 4.43. The quantitative estimate of drug-likeness (QED) is 0.772. The first-order valence-corrected chi connectivity index (χ1v) is 8.73. The summed E-state index contributed by atoms with van der Waals surface area (Å²) in [7, 11) is 0. The number of amides is 1. The molecule has 1 unspecified atom stereocenters. The molecule has 1 amide bonds. The summed E-state index contributed by atoms with van der Waals surface area (Å²) < 4.78 is 11.0. The number of hydrogen-bond acceptors (Lipinski definition) is 4. The molecule has 0 bridgehead atoms. The lowest BCUT2D eigenvalue weighted by molar-refractivity contribution is -0.155. The summed E-state index contributed by atoms with van der Waals surface area (Å²) in [5.41, 5.74) is -0.981. The predicted molar refractivity (Wildman–Crippen MR) is 93.8 cm³/mol. The second-order valence-electron chi connectivity index (χ2n) is 6.66. The molecule has 2 N–H and O–H groups in total. The molecule has 1 fully saturated rings. The van der Waals surface area contributed by atoms with Crippen molar-refractivity contribution in [2.24, 2.45) is 11.3 Å². The third-order valence-corrected chi connectivity index (χ3v) is 4.66. The Balaban J connectivity index is 2.03. The van der Waals surface area contributed by atoms with Gasteiger partial charge in [0.1, 0.15) is 5.75 Å². The van der Waals surface area contributed by atoms with Crippen LogP contribution in [0.15, 0.2) is 24.3 Å². The zero-order valence-corrected chi connectivity index (χ0v) is 15.2. The van der Waals surface area contributed by atoms with Gasteiger partial charge in [0, 0.05) is 24.8 Å². The van der Waals surface area contributed by atoms with Crippen molar-refractivity contribution in [3.05, 3.63) is 29.3 Å². The lowest BCUT2D eigenvalue weighted by Crippen LogP contribution is -2.50. The van der Waals surface area contributed by atoms with Gasteiger partial charge < -0.3 is 19.9 Å². The maximum atomic E-state index is 12.6. The maximum absolute atomic E-state index is 12.6. The summed E-state index contributed by atoms with van der Waals surface area (Å²) in [6.45, 7) is 4.57. The van der Waals surface area contributed by atoms with E-state index in [2.05, 4.69) is 5.32 Å². The van der Waals surface area contributed by atoms with Crippen molar-refractivity contribution in [3.8, 4) is 5.75 Å². The number of carboxylic acids is 1. The molecule has 25 heavy (non-hydrogen) atoms. The van der Waals surface area contributed by atoms with E-state index in [4.69, 9.17) is 21.1 Å².